The summed E-state index contributed by atoms with van der Waals surface area (Å²) in [5.74, 6) is -5.07. The number of nitrogens with two attached hydrogens (primary N) is 1. The molecule has 1 aromatic carbocycles. The highest BCUT2D eigenvalue weighted by Crippen LogP contribution is 2.08. The Balaban J connectivity index is 3.12. The van der Waals surface area contributed by atoms with Gasteiger partial charge < -0.3 is 31.9 Å². The Morgan fingerprint density at radius 1 is 0.882 bits per heavy atom. The summed E-state index contributed by atoms with van der Waals surface area (Å²) in [6.07, 6.45) is -0.565. The van der Waals surface area contributed by atoms with Crippen molar-refractivity contribution in [3.63, 3.8) is 0 Å². The number of rotatable bonds is 14. The van der Waals surface area contributed by atoms with E-state index in [1.165, 1.54) is 0 Å². The van der Waals surface area contributed by atoms with Crippen LogP contribution < -0.4 is 21.7 Å². The third-order valence-corrected chi connectivity index (χ3v) is 5.18. The lowest BCUT2D eigenvalue weighted by molar-refractivity contribution is -0.143. The second-order valence-corrected chi connectivity index (χ2v) is 8.59. The molecule has 34 heavy (non-hydrogen) atoms. The van der Waals surface area contributed by atoms with E-state index in [9.17, 15) is 29.1 Å². The fraction of sp³-hybridized carbons (Fsp3) is 0.500. The van der Waals surface area contributed by atoms with Crippen molar-refractivity contribution in [2.45, 2.75) is 57.3 Å². The minimum Gasteiger partial charge on any atom is -0.481 e. The molecule has 0 saturated heterocycles. The molecule has 1 aromatic rings. The van der Waals surface area contributed by atoms with Crippen molar-refractivity contribution in [3.8, 4) is 0 Å². The lowest BCUT2D eigenvalue weighted by Crippen LogP contribution is -2.58. The fourth-order valence-corrected chi connectivity index (χ4v) is 3.21. The van der Waals surface area contributed by atoms with E-state index in [0.29, 0.717) is 5.56 Å². The first-order valence-corrected chi connectivity index (χ1v) is 11.3. The Hall–Kier alpha value is -3.12. The lowest BCUT2D eigenvalue weighted by atomic mass is 10.0. The number of amides is 3. The number of carboxylic acid groups (broad SMARTS) is 2. The van der Waals surface area contributed by atoms with Gasteiger partial charge in [0, 0.05) is 12.2 Å². The van der Waals surface area contributed by atoms with Gasteiger partial charge in [-0.05, 0) is 17.9 Å². The molecule has 4 unspecified atom stereocenters. The van der Waals surface area contributed by atoms with E-state index in [-0.39, 0.29) is 24.5 Å². The van der Waals surface area contributed by atoms with Gasteiger partial charge in [0.25, 0.3) is 0 Å². The van der Waals surface area contributed by atoms with Gasteiger partial charge in [-0.15, -0.1) is 0 Å². The number of nitrogens with one attached hydrogen (secondary N) is 3. The second kappa shape index (κ2) is 14.2. The maximum absolute atomic E-state index is 13.0. The Labute approximate surface area is 203 Å². The largest absolute Gasteiger partial charge is 0.481 e. The van der Waals surface area contributed by atoms with E-state index in [1.54, 1.807) is 44.2 Å². The fourth-order valence-electron chi connectivity index (χ4n) is 3.04. The highest BCUT2D eigenvalue weighted by Gasteiger charge is 2.31. The summed E-state index contributed by atoms with van der Waals surface area (Å²) in [5, 5.41) is 25.8. The van der Waals surface area contributed by atoms with Crippen LogP contribution in [0.4, 0.5) is 0 Å². The maximum Gasteiger partial charge on any atom is 0.326 e. The molecule has 0 aliphatic carbocycles. The van der Waals surface area contributed by atoms with Crippen LogP contribution in [0.3, 0.4) is 0 Å². The maximum atomic E-state index is 13.0. The Kier molecular flexibility index (Phi) is 12.1. The molecule has 0 aliphatic rings. The van der Waals surface area contributed by atoms with E-state index in [2.05, 4.69) is 28.6 Å². The molecule has 0 radical (unpaired) electrons. The summed E-state index contributed by atoms with van der Waals surface area (Å²) >= 11 is 3.90. The molecule has 0 fully saturated rings. The molecule has 188 valence electrons. The smallest absolute Gasteiger partial charge is 0.326 e. The van der Waals surface area contributed by atoms with Crippen LogP contribution in [0.25, 0.3) is 0 Å². The monoisotopic (exact) mass is 496 g/mol. The molecule has 12 heteroatoms. The Morgan fingerprint density at radius 2 is 1.41 bits per heavy atom. The van der Waals surface area contributed by atoms with Crippen molar-refractivity contribution in [3.05, 3.63) is 35.9 Å². The molecule has 0 heterocycles. The van der Waals surface area contributed by atoms with Crippen molar-refractivity contribution < 1.29 is 34.2 Å². The molecule has 0 aliphatic heterocycles. The highest BCUT2D eigenvalue weighted by atomic mass is 32.1. The first-order chi connectivity index (χ1) is 15.9. The topological polar surface area (TPSA) is 188 Å². The predicted octanol–water partition coefficient (Wildman–Crippen LogP) is -0.454. The van der Waals surface area contributed by atoms with Gasteiger partial charge in [-0.1, -0.05) is 44.2 Å². The zero-order valence-electron chi connectivity index (χ0n) is 19.1. The van der Waals surface area contributed by atoms with Gasteiger partial charge in [0.15, 0.2) is 0 Å². The third kappa shape index (κ3) is 10.2. The quantitative estimate of drug-likeness (QED) is 0.169. The summed E-state index contributed by atoms with van der Waals surface area (Å²) in [6.45, 7) is 3.61. The zero-order chi connectivity index (χ0) is 25.8. The van der Waals surface area contributed by atoms with Crippen LogP contribution in [0.15, 0.2) is 30.3 Å². The first-order valence-electron chi connectivity index (χ1n) is 10.7. The number of hydrogen-bond donors (Lipinski definition) is 7. The molecule has 3 amide bonds. The highest BCUT2D eigenvalue weighted by molar-refractivity contribution is 7.80. The van der Waals surface area contributed by atoms with Crippen LogP contribution in [0.2, 0.25) is 0 Å². The molecule has 11 nitrogen and oxygen atoms in total. The number of carbonyl (C=O) groups is 5. The third-order valence-electron chi connectivity index (χ3n) is 4.78. The minimum absolute atomic E-state index is 0.0102. The van der Waals surface area contributed by atoms with E-state index >= 15 is 0 Å². The Bertz CT molecular complexity index is 866. The summed E-state index contributed by atoms with van der Waals surface area (Å²) in [4.78, 5) is 60.8. The van der Waals surface area contributed by atoms with E-state index in [1.807, 2.05) is 0 Å². The lowest BCUT2D eigenvalue weighted by Gasteiger charge is -2.25. The predicted molar refractivity (Wildman–Crippen MR) is 127 cm³/mol. The standard InChI is InChI=1S/C22H32N4O7S/c1-12(2)8-17(22(32)33)26-20(30)15(9-13-6-4-3-5-7-13)25-21(31)16(10-18(27)28)24-19(29)14(23)11-34/h3-7,12,14-17,34H,8-11,23H2,1-2H3,(H,24,29)(H,25,31)(H,26,30)(H,27,28)(H,32,33). The van der Waals surface area contributed by atoms with Gasteiger partial charge in [-0.25, -0.2) is 4.79 Å². The van der Waals surface area contributed by atoms with Crippen LogP contribution in [0, 0.1) is 5.92 Å². The van der Waals surface area contributed by atoms with Crippen molar-refractivity contribution in [2.24, 2.45) is 11.7 Å². The molecule has 0 aromatic heterocycles. The molecular formula is C22H32N4O7S. The number of thiol groups is 1. The van der Waals surface area contributed by atoms with Crippen LogP contribution in [-0.2, 0) is 30.4 Å². The normalized spacial score (nSPS) is 14.4. The molecule has 0 spiro atoms. The van der Waals surface area contributed by atoms with E-state index in [0.717, 1.165) is 0 Å². The first kappa shape index (κ1) is 28.9. The summed E-state index contributed by atoms with van der Waals surface area (Å²) < 4.78 is 0. The van der Waals surface area contributed by atoms with Gasteiger partial charge in [0.05, 0.1) is 12.5 Å². The van der Waals surface area contributed by atoms with Gasteiger partial charge in [0.1, 0.15) is 18.1 Å². The van der Waals surface area contributed by atoms with Crippen LogP contribution in [0.1, 0.15) is 32.3 Å². The number of carboxylic acids is 2. The SMILES string of the molecule is CC(C)CC(NC(=O)C(Cc1ccccc1)NC(=O)C(CC(=O)O)NC(=O)C(N)CS)C(=O)O. The molecular weight excluding hydrogens is 464 g/mol. The minimum atomic E-state index is -1.51. The summed E-state index contributed by atoms with van der Waals surface area (Å²) in [5.41, 5.74) is 6.26. The van der Waals surface area contributed by atoms with Crippen molar-refractivity contribution in [2.75, 3.05) is 5.75 Å². The summed E-state index contributed by atoms with van der Waals surface area (Å²) in [6, 6.07) is 3.70. The van der Waals surface area contributed by atoms with Crippen LogP contribution in [-0.4, -0.2) is 69.8 Å². The molecule has 0 saturated carbocycles. The van der Waals surface area contributed by atoms with E-state index < -0.39 is 60.2 Å². The number of benzene rings is 1. The zero-order valence-corrected chi connectivity index (χ0v) is 20.0. The van der Waals surface area contributed by atoms with Crippen LogP contribution >= 0.6 is 12.6 Å². The van der Waals surface area contributed by atoms with E-state index in [4.69, 9.17) is 10.8 Å². The average Bonchev–Trinajstić information content (AvgIpc) is 2.76. The summed E-state index contributed by atoms with van der Waals surface area (Å²) in [7, 11) is 0. The van der Waals surface area contributed by atoms with Crippen molar-refractivity contribution in [1.82, 2.24) is 16.0 Å². The van der Waals surface area contributed by atoms with Gasteiger partial charge in [-0.2, -0.15) is 12.6 Å². The number of hydrogen-bond acceptors (Lipinski definition) is 7. The van der Waals surface area contributed by atoms with Crippen LogP contribution in [0.5, 0.6) is 0 Å². The molecule has 4 atom stereocenters. The Morgan fingerprint density at radius 3 is 1.91 bits per heavy atom. The number of carbonyl (C=O) groups excluding carboxylic acids is 3. The molecule has 1 rings (SSSR count). The number of aliphatic carboxylic acids is 2. The van der Waals surface area contributed by atoms with Gasteiger partial charge >= 0.3 is 11.9 Å². The van der Waals surface area contributed by atoms with Gasteiger partial charge in [-0.3, -0.25) is 19.2 Å². The van der Waals surface area contributed by atoms with Crippen molar-refractivity contribution in [1.29, 1.82) is 0 Å². The molecule has 0 bridgehead atoms. The van der Waals surface area contributed by atoms with Crippen molar-refractivity contribution >= 4 is 42.3 Å². The average molecular weight is 497 g/mol. The second-order valence-electron chi connectivity index (χ2n) is 8.23. The molecule has 7 N–H and O–H groups in total. The van der Waals surface area contributed by atoms with Gasteiger partial charge in [0.2, 0.25) is 17.7 Å².